The van der Waals surface area contributed by atoms with E-state index in [4.69, 9.17) is 0 Å². The van der Waals surface area contributed by atoms with Crippen molar-refractivity contribution in [3.63, 3.8) is 0 Å². The molecule has 0 bridgehead atoms. The zero-order chi connectivity index (χ0) is 25.3. The lowest BCUT2D eigenvalue weighted by Crippen LogP contribution is -2.44. The summed E-state index contributed by atoms with van der Waals surface area (Å²) in [5.41, 5.74) is 1.32. The zero-order valence-electron chi connectivity index (χ0n) is 22.5. The van der Waals surface area contributed by atoms with E-state index >= 15 is 0 Å². The largest absolute Gasteiger partial charge is 0.390 e. The summed E-state index contributed by atoms with van der Waals surface area (Å²) in [7, 11) is -3.21. The standard InChI is InChI=1S/C31H48O3S/c1-5-18-31(32,6-2)22-24-12-13-27-25(21-24)16-19-30(4)28(14-15-29(27)30)23(3)17-20-35(33,34)26-10-8-7-9-11-26/h7-12,23,25,27-29,32H,5-6,13-22H2,1-4H3/t23-,25-,27-,28-,29+,30-,31+/m1/s1. The first-order chi connectivity index (χ1) is 16.6. The van der Waals surface area contributed by atoms with E-state index in [0.717, 1.165) is 49.9 Å². The summed E-state index contributed by atoms with van der Waals surface area (Å²) in [4.78, 5) is 0.460. The third-order valence-corrected chi connectivity index (χ3v) is 12.2. The highest BCUT2D eigenvalue weighted by atomic mass is 32.2. The van der Waals surface area contributed by atoms with Crippen LogP contribution in [-0.2, 0) is 9.84 Å². The number of sulfone groups is 1. The van der Waals surface area contributed by atoms with Gasteiger partial charge in [0.05, 0.1) is 16.2 Å². The van der Waals surface area contributed by atoms with Crippen LogP contribution in [-0.4, -0.2) is 24.9 Å². The first-order valence-electron chi connectivity index (χ1n) is 14.3. The SMILES string of the molecule is CCC[C@@](O)(CC)CC1=CC[C@@H]2[C@H](CC[C@]3(C)[C@@H]([C@H](C)CCS(=O)(=O)c4ccccc4)CC[C@@H]23)C1. The van der Waals surface area contributed by atoms with E-state index in [0.29, 0.717) is 22.1 Å². The van der Waals surface area contributed by atoms with E-state index in [1.165, 1.54) is 44.1 Å². The lowest BCUT2D eigenvalue weighted by atomic mass is 9.54. The molecule has 3 aliphatic carbocycles. The highest BCUT2D eigenvalue weighted by Gasteiger charge is 2.55. The third-order valence-electron chi connectivity index (χ3n) is 10.4. The number of hydrogen-bond acceptors (Lipinski definition) is 3. The topological polar surface area (TPSA) is 54.4 Å². The van der Waals surface area contributed by atoms with Crippen molar-refractivity contribution < 1.29 is 13.5 Å². The summed E-state index contributed by atoms with van der Waals surface area (Å²) in [5, 5.41) is 11.1. The number of fused-ring (bicyclic) bond motifs is 3. The van der Waals surface area contributed by atoms with Gasteiger partial charge in [0.1, 0.15) is 0 Å². The highest BCUT2D eigenvalue weighted by molar-refractivity contribution is 7.91. The van der Waals surface area contributed by atoms with Crippen molar-refractivity contribution in [2.75, 3.05) is 5.75 Å². The Hall–Kier alpha value is -1.13. The first kappa shape index (κ1) is 26.9. The van der Waals surface area contributed by atoms with Gasteiger partial charge in [0, 0.05) is 0 Å². The second-order valence-electron chi connectivity index (χ2n) is 12.5. The van der Waals surface area contributed by atoms with Crippen molar-refractivity contribution in [3.05, 3.63) is 42.0 Å². The fraction of sp³-hybridized carbons (Fsp3) is 0.742. The molecule has 0 amide bonds. The van der Waals surface area contributed by atoms with E-state index in [1.54, 1.807) is 12.1 Å². The van der Waals surface area contributed by atoms with Crippen LogP contribution >= 0.6 is 0 Å². The molecule has 1 aromatic carbocycles. The summed E-state index contributed by atoms with van der Waals surface area (Å²) < 4.78 is 25.7. The van der Waals surface area contributed by atoms with Gasteiger partial charge >= 0.3 is 0 Å². The van der Waals surface area contributed by atoms with Gasteiger partial charge in [0.15, 0.2) is 9.84 Å². The third kappa shape index (κ3) is 5.59. The minimum atomic E-state index is -3.21. The Morgan fingerprint density at radius 3 is 2.57 bits per heavy atom. The van der Waals surface area contributed by atoms with Crippen LogP contribution in [0.25, 0.3) is 0 Å². The Balaban J connectivity index is 1.40. The average Bonchev–Trinajstić information content (AvgIpc) is 3.21. The fourth-order valence-corrected chi connectivity index (χ4v) is 9.87. The van der Waals surface area contributed by atoms with Crippen molar-refractivity contribution in [1.82, 2.24) is 0 Å². The van der Waals surface area contributed by atoms with E-state index in [2.05, 4.69) is 33.8 Å². The summed E-state index contributed by atoms with van der Waals surface area (Å²) in [6.07, 6.45) is 14.4. The molecule has 0 aliphatic heterocycles. The van der Waals surface area contributed by atoms with Gasteiger partial charge in [-0.05, 0) is 111 Å². The van der Waals surface area contributed by atoms with Gasteiger partial charge < -0.3 is 5.11 Å². The Morgan fingerprint density at radius 2 is 1.89 bits per heavy atom. The molecule has 2 saturated carbocycles. The van der Waals surface area contributed by atoms with Crippen molar-refractivity contribution in [2.45, 2.75) is 109 Å². The summed E-state index contributed by atoms with van der Waals surface area (Å²) >= 11 is 0. The van der Waals surface area contributed by atoms with E-state index in [1.807, 2.05) is 18.2 Å². The van der Waals surface area contributed by atoms with Crippen LogP contribution in [0.4, 0.5) is 0 Å². The van der Waals surface area contributed by atoms with Gasteiger partial charge in [-0.25, -0.2) is 8.42 Å². The molecule has 7 atom stereocenters. The van der Waals surface area contributed by atoms with Crippen LogP contribution in [0.15, 0.2) is 46.9 Å². The predicted octanol–water partition coefficient (Wildman–Crippen LogP) is 7.60. The zero-order valence-corrected chi connectivity index (χ0v) is 23.3. The first-order valence-corrected chi connectivity index (χ1v) is 15.9. The normalized spacial score (nSPS) is 33.3. The minimum absolute atomic E-state index is 0.256. The molecule has 4 heteroatoms. The molecule has 3 aliphatic rings. The van der Waals surface area contributed by atoms with Crippen LogP contribution in [0.5, 0.6) is 0 Å². The lowest BCUT2D eigenvalue weighted by molar-refractivity contribution is -0.00963. The molecule has 2 fully saturated rings. The fourth-order valence-electron chi connectivity index (χ4n) is 8.38. The van der Waals surface area contributed by atoms with Crippen LogP contribution in [0.1, 0.15) is 98.3 Å². The Morgan fingerprint density at radius 1 is 1.14 bits per heavy atom. The quantitative estimate of drug-likeness (QED) is 0.337. The van der Waals surface area contributed by atoms with Gasteiger partial charge in [-0.2, -0.15) is 0 Å². The second kappa shape index (κ2) is 10.7. The molecule has 35 heavy (non-hydrogen) atoms. The molecular formula is C31H48O3S. The molecular weight excluding hydrogens is 452 g/mol. The minimum Gasteiger partial charge on any atom is -0.390 e. The number of rotatable bonds is 10. The summed E-state index contributed by atoms with van der Waals surface area (Å²) in [6.45, 7) is 9.13. The lowest BCUT2D eigenvalue weighted by Gasteiger charge is -2.51. The van der Waals surface area contributed by atoms with Crippen molar-refractivity contribution in [2.24, 2.45) is 35.0 Å². The van der Waals surface area contributed by atoms with Gasteiger partial charge in [0.25, 0.3) is 0 Å². The molecule has 4 rings (SSSR count). The van der Waals surface area contributed by atoms with E-state index in [-0.39, 0.29) is 5.75 Å². The van der Waals surface area contributed by atoms with Crippen LogP contribution in [0.3, 0.4) is 0 Å². The van der Waals surface area contributed by atoms with Crippen LogP contribution in [0, 0.1) is 35.0 Å². The van der Waals surface area contributed by atoms with Gasteiger partial charge in [-0.15, -0.1) is 0 Å². The van der Waals surface area contributed by atoms with Gasteiger partial charge in [-0.3, -0.25) is 0 Å². The maximum absolute atomic E-state index is 12.9. The molecule has 3 nitrogen and oxygen atoms in total. The monoisotopic (exact) mass is 500 g/mol. The molecule has 0 radical (unpaired) electrons. The van der Waals surface area contributed by atoms with Crippen molar-refractivity contribution in [1.29, 1.82) is 0 Å². The van der Waals surface area contributed by atoms with Gasteiger partial charge in [-0.1, -0.05) is 64.0 Å². The number of aliphatic hydroxyl groups is 1. The smallest absolute Gasteiger partial charge is 0.178 e. The Bertz CT molecular complexity index is 984. The average molecular weight is 501 g/mol. The number of hydrogen-bond donors (Lipinski definition) is 1. The summed E-state index contributed by atoms with van der Waals surface area (Å²) in [5.74, 6) is 3.61. The van der Waals surface area contributed by atoms with E-state index in [9.17, 15) is 13.5 Å². The maximum Gasteiger partial charge on any atom is 0.178 e. The second-order valence-corrected chi connectivity index (χ2v) is 14.6. The summed E-state index contributed by atoms with van der Waals surface area (Å²) in [6, 6.07) is 8.95. The maximum atomic E-state index is 12.9. The van der Waals surface area contributed by atoms with Gasteiger partial charge in [0.2, 0.25) is 0 Å². The highest BCUT2D eigenvalue weighted by Crippen LogP contribution is 2.63. The number of benzene rings is 1. The molecule has 196 valence electrons. The predicted molar refractivity (Wildman–Crippen MR) is 145 cm³/mol. The van der Waals surface area contributed by atoms with E-state index < -0.39 is 15.4 Å². The van der Waals surface area contributed by atoms with Crippen LogP contribution in [0.2, 0.25) is 0 Å². The molecule has 1 aromatic rings. The van der Waals surface area contributed by atoms with Crippen molar-refractivity contribution in [3.8, 4) is 0 Å². The molecule has 0 aromatic heterocycles. The molecule has 0 unspecified atom stereocenters. The Kier molecular flexibility index (Phi) is 8.23. The number of allylic oxidation sites excluding steroid dienone is 1. The molecule has 0 spiro atoms. The molecule has 0 heterocycles. The Labute approximate surface area is 214 Å². The van der Waals surface area contributed by atoms with Crippen LogP contribution < -0.4 is 0 Å². The molecule has 0 saturated heterocycles. The molecule has 1 N–H and O–H groups in total. The van der Waals surface area contributed by atoms with Crippen molar-refractivity contribution >= 4 is 9.84 Å².